The van der Waals surface area contributed by atoms with E-state index in [0.717, 1.165) is 16.0 Å². The zero-order valence-electron chi connectivity index (χ0n) is 8.88. The number of benzene rings is 1. The zero-order valence-corrected chi connectivity index (χ0v) is 10.5. The molecule has 0 saturated carbocycles. The number of nitrogens with two attached hydrogens (primary N) is 2. The molecule has 4 N–H and O–H groups in total. The molecular formula is C11H14ClN3S. The lowest BCUT2D eigenvalue weighted by Crippen LogP contribution is -2.04. The molecule has 0 fully saturated rings. The molecule has 0 aliphatic carbocycles. The number of halogens is 1. The van der Waals surface area contributed by atoms with Gasteiger partial charge in [0, 0.05) is 6.04 Å². The van der Waals surface area contributed by atoms with E-state index in [9.17, 15) is 0 Å². The summed E-state index contributed by atoms with van der Waals surface area (Å²) in [7, 11) is 0. The molecule has 1 aromatic heterocycles. The molecule has 16 heavy (non-hydrogen) atoms. The molecule has 0 amide bonds. The second-order valence-corrected chi connectivity index (χ2v) is 4.33. The van der Waals surface area contributed by atoms with Gasteiger partial charge >= 0.3 is 0 Å². The van der Waals surface area contributed by atoms with E-state index in [4.69, 9.17) is 11.5 Å². The smallest absolute Gasteiger partial charge is 0.142 e. The maximum absolute atomic E-state index is 5.78. The van der Waals surface area contributed by atoms with Crippen molar-refractivity contribution in [3.05, 3.63) is 35.3 Å². The van der Waals surface area contributed by atoms with Crippen LogP contribution in [0.25, 0.3) is 10.4 Å². The van der Waals surface area contributed by atoms with Crippen LogP contribution in [-0.2, 0) is 0 Å². The highest BCUT2D eigenvalue weighted by atomic mass is 35.5. The Bertz CT molecular complexity index is 451. The Labute approximate surface area is 105 Å². The Hall–Kier alpha value is -1.10. The molecule has 0 aliphatic rings. The molecule has 0 spiro atoms. The van der Waals surface area contributed by atoms with Crippen molar-refractivity contribution in [2.75, 3.05) is 5.73 Å². The van der Waals surface area contributed by atoms with Crippen LogP contribution in [0.4, 0.5) is 5.82 Å². The second-order valence-electron chi connectivity index (χ2n) is 3.48. The Balaban J connectivity index is 0.00000128. The number of hydrogen-bond acceptors (Lipinski definition) is 4. The number of nitrogen functional groups attached to an aromatic ring is 1. The van der Waals surface area contributed by atoms with E-state index in [2.05, 4.69) is 4.98 Å². The van der Waals surface area contributed by atoms with Crippen LogP contribution in [0.2, 0.25) is 0 Å². The van der Waals surface area contributed by atoms with E-state index in [-0.39, 0.29) is 18.4 Å². The van der Waals surface area contributed by atoms with Crippen molar-refractivity contribution in [3.63, 3.8) is 0 Å². The maximum atomic E-state index is 5.78. The lowest BCUT2D eigenvalue weighted by molar-refractivity contribution is 0.818. The fraction of sp³-hybridized carbons (Fsp3) is 0.182. The van der Waals surface area contributed by atoms with E-state index < -0.39 is 0 Å². The van der Waals surface area contributed by atoms with Gasteiger partial charge in [0.1, 0.15) is 5.82 Å². The number of anilines is 1. The predicted octanol–water partition coefficient (Wildman–Crippen LogP) is 2.83. The summed E-state index contributed by atoms with van der Waals surface area (Å²) >= 11 is 1.55. The van der Waals surface area contributed by atoms with Crippen molar-refractivity contribution in [1.29, 1.82) is 0 Å². The Morgan fingerprint density at radius 2 is 1.88 bits per heavy atom. The molecule has 1 aromatic carbocycles. The van der Waals surface area contributed by atoms with Gasteiger partial charge in [-0.15, -0.1) is 23.7 Å². The van der Waals surface area contributed by atoms with Crippen molar-refractivity contribution < 1.29 is 0 Å². The molecule has 1 heterocycles. The number of thiazole rings is 1. The van der Waals surface area contributed by atoms with E-state index in [0.29, 0.717) is 5.82 Å². The van der Waals surface area contributed by atoms with Crippen LogP contribution in [-0.4, -0.2) is 4.98 Å². The average molecular weight is 256 g/mol. The lowest BCUT2D eigenvalue weighted by Gasteiger charge is -2.06. The summed E-state index contributed by atoms with van der Waals surface area (Å²) < 4.78 is 0. The van der Waals surface area contributed by atoms with Crippen LogP contribution < -0.4 is 11.5 Å². The molecule has 0 bridgehead atoms. The van der Waals surface area contributed by atoms with Gasteiger partial charge in [0.15, 0.2) is 0 Å². The van der Waals surface area contributed by atoms with Gasteiger partial charge in [-0.25, -0.2) is 4.98 Å². The SMILES string of the molecule is CC(N)c1ccc(-c2scnc2N)cc1.Cl. The van der Waals surface area contributed by atoms with E-state index in [1.165, 1.54) is 0 Å². The van der Waals surface area contributed by atoms with E-state index in [1.54, 1.807) is 16.8 Å². The highest BCUT2D eigenvalue weighted by Crippen LogP contribution is 2.29. The predicted molar refractivity (Wildman–Crippen MR) is 71.8 cm³/mol. The summed E-state index contributed by atoms with van der Waals surface area (Å²) in [5.41, 5.74) is 15.5. The Morgan fingerprint density at radius 1 is 1.25 bits per heavy atom. The van der Waals surface area contributed by atoms with Gasteiger partial charge in [0.25, 0.3) is 0 Å². The van der Waals surface area contributed by atoms with E-state index in [1.807, 2.05) is 31.2 Å². The van der Waals surface area contributed by atoms with Crippen molar-refractivity contribution in [2.24, 2.45) is 5.73 Å². The maximum Gasteiger partial charge on any atom is 0.142 e. The lowest BCUT2D eigenvalue weighted by atomic mass is 10.1. The van der Waals surface area contributed by atoms with Crippen LogP contribution in [0.3, 0.4) is 0 Å². The molecule has 0 aliphatic heterocycles. The first-order chi connectivity index (χ1) is 7.18. The van der Waals surface area contributed by atoms with Gasteiger partial charge in [0.2, 0.25) is 0 Å². The molecule has 2 rings (SSSR count). The molecule has 2 aromatic rings. The van der Waals surface area contributed by atoms with Crippen molar-refractivity contribution in [2.45, 2.75) is 13.0 Å². The third kappa shape index (κ3) is 2.52. The zero-order chi connectivity index (χ0) is 10.8. The van der Waals surface area contributed by atoms with Gasteiger partial charge in [-0.1, -0.05) is 24.3 Å². The van der Waals surface area contributed by atoms with Crippen molar-refractivity contribution in [3.8, 4) is 10.4 Å². The third-order valence-electron chi connectivity index (χ3n) is 2.29. The fourth-order valence-electron chi connectivity index (χ4n) is 1.41. The number of rotatable bonds is 2. The summed E-state index contributed by atoms with van der Waals surface area (Å²) in [6, 6.07) is 8.18. The molecule has 1 atom stereocenters. The highest BCUT2D eigenvalue weighted by molar-refractivity contribution is 7.13. The summed E-state index contributed by atoms with van der Waals surface area (Å²) in [6.07, 6.45) is 0. The quantitative estimate of drug-likeness (QED) is 0.867. The Kier molecular flexibility index (Phi) is 4.29. The summed E-state index contributed by atoms with van der Waals surface area (Å²) in [5, 5.41) is 0. The van der Waals surface area contributed by atoms with Crippen LogP contribution in [0, 0.1) is 0 Å². The van der Waals surface area contributed by atoms with Crippen LogP contribution in [0.1, 0.15) is 18.5 Å². The normalized spacial score (nSPS) is 11.9. The molecule has 3 nitrogen and oxygen atoms in total. The van der Waals surface area contributed by atoms with Gasteiger partial charge in [-0.2, -0.15) is 0 Å². The minimum atomic E-state index is 0. The van der Waals surface area contributed by atoms with Gasteiger partial charge in [0.05, 0.1) is 10.4 Å². The standard InChI is InChI=1S/C11H13N3S.ClH/c1-7(12)8-2-4-9(5-3-8)10-11(13)14-6-15-10;/h2-7H,12-13H2,1H3;1H. The summed E-state index contributed by atoms with van der Waals surface area (Å²) in [5.74, 6) is 0.591. The van der Waals surface area contributed by atoms with Crippen LogP contribution >= 0.6 is 23.7 Å². The summed E-state index contributed by atoms with van der Waals surface area (Å²) in [6.45, 7) is 1.97. The minimum absolute atomic E-state index is 0. The first kappa shape index (κ1) is 13.0. The first-order valence-electron chi connectivity index (χ1n) is 4.73. The fourth-order valence-corrected chi connectivity index (χ4v) is 2.13. The van der Waals surface area contributed by atoms with Gasteiger partial charge in [-0.05, 0) is 18.1 Å². The third-order valence-corrected chi connectivity index (χ3v) is 3.19. The average Bonchev–Trinajstić information content (AvgIpc) is 2.65. The van der Waals surface area contributed by atoms with Crippen molar-refractivity contribution in [1.82, 2.24) is 4.98 Å². The molecular weight excluding hydrogens is 242 g/mol. The molecule has 86 valence electrons. The van der Waals surface area contributed by atoms with Crippen molar-refractivity contribution >= 4 is 29.6 Å². The minimum Gasteiger partial charge on any atom is -0.382 e. The van der Waals surface area contributed by atoms with Crippen LogP contribution in [0.15, 0.2) is 29.8 Å². The largest absolute Gasteiger partial charge is 0.382 e. The topological polar surface area (TPSA) is 64.9 Å². The molecule has 1 unspecified atom stereocenters. The Morgan fingerprint density at radius 3 is 2.31 bits per heavy atom. The summed E-state index contributed by atoms with van der Waals surface area (Å²) in [4.78, 5) is 5.04. The molecule has 0 radical (unpaired) electrons. The van der Waals surface area contributed by atoms with Gasteiger partial charge in [-0.3, -0.25) is 0 Å². The molecule has 5 heteroatoms. The second kappa shape index (κ2) is 5.30. The highest BCUT2D eigenvalue weighted by Gasteiger charge is 2.05. The first-order valence-corrected chi connectivity index (χ1v) is 5.61. The number of hydrogen-bond donors (Lipinski definition) is 2. The number of nitrogens with zero attached hydrogens (tertiary/aromatic N) is 1. The monoisotopic (exact) mass is 255 g/mol. The van der Waals surface area contributed by atoms with E-state index >= 15 is 0 Å². The number of aromatic nitrogens is 1. The van der Waals surface area contributed by atoms with Crippen LogP contribution in [0.5, 0.6) is 0 Å². The molecule has 0 saturated heterocycles. The van der Waals surface area contributed by atoms with Gasteiger partial charge < -0.3 is 11.5 Å².